The van der Waals surface area contributed by atoms with Crippen molar-refractivity contribution in [1.82, 2.24) is 0 Å². The number of nitrogens with zero attached hydrogens (tertiary/aromatic N) is 1. The smallest absolute Gasteiger partial charge is 0.233 e. The number of ether oxygens (including phenoxy) is 1. The Morgan fingerprint density at radius 3 is 2.35 bits per heavy atom. The second-order valence-electron chi connectivity index (χ2n) is 6.01. The molecule has 1 saturated heterocycles. The van der Waals surface area contributed by atoms with Gasteiger partial charge in [-0.3, -0.25) is 4.79 Å². The highest BCUT2D eigenvalue weighted by Crippen LogP contribution is 2.45. The molecule has 1 fully saturated rings. The number of unbranched alkanes of at least 4 members (excludes halogenated alkanes) is 1. The van der Waals surface area contributed by atoms with E-state index in [0.717, 1.165) is 30.7 Å². The van der Waals surface area contributed by atoms with E-state index in [1.54, 1.807) is 7.11 Å². The van der Waals surface area contributed by atoms with E-state index in [1.165, 1.54) is 5.56 Å². The average molecular weight is 309 g/mol. The van der Waals surface area contributed by atoms with Gasteiger partial charge in [0.1, 0.15) is 5.75 Å². The normalized spacial score (nSPS) is 20.3. The first-order valence-electron chi connectivity index (χ1n) is 8.28. The van der Waals surface area contributed by atoms with E-state index < -0.39 is 0 Å². The fraction of sp³-hybridized carbons (Fsp3) is 0.350. The van der Waals surface area contributed by atoms with Gasteiger partial charge in [-0.15, -0.1) is 0 Å². The van der Waals surface area contributed by atoms with Gasteiger partial charge in [0.15, 0.2) is 0 Å². The molecule has 0 unspecified atom stereocenters. The lowest BCUT2D eigenvalue weighted by atomic mass is 9.79. The second kappa shape index (κ2) is 6.86. The summed E-state index contributed by atoms with van der Waals surface area (Å²) in [7, 11) is 1.65. The van der Waals surface area contributed by atoms with E-state index >= 15 is 0 Å². The number of methoxy groups -OCH3 is 1. The number of amides is 1. The van der Waals surface area contributed by atoms with Gasteiger partial charge in [0.25, 0.3) is 0 Å². The van der Waals surface area contributed by atoms with Crippen molar-refractivity contribution in [2.24, 2.45) is 5.92 Å². The molecule has 1 amide bonds. The zero-order valence-electron chi connectivity index (χ0n) is 13.7. The Bertz CT molecular complexity index is 651. The van der Waals surface area contributed by atoms with Crippen molar-refractivity contribution in [3.63, 3.8) is 0 Å². The van der Waals surface area contributed by atoms with Crippen LogP contribution in [0.3, 0.4) is 0 Å². The topological polar surface area (TPSA) is 29.5 Å². The van der Waals surface area contributed by atoms with E-state index in [9.17, 15) is 4.79 Å². The Morgan fingerprint density at radius 2 is 1.74 bits per heavy atom. The lowest BCUT2D eigenvalue weighted by Gasteiger charge is -2.47. The van der Waals surface area contributed by atoms with Crippen molar-refractivity contribution in [3.05, 3.63) is 60.2 Å². The fourth-order valence-corrected chi connectivity index (χ4v) is 3.32. The quantitative estimate of drug-likeness (QED) is 0.730. The first kappa shape index (κ1) is 15.6. The summed E-state index contributed by atoms with van der Waals surface area (Å²) in [6.07, 6.45) is 3.17. The molecular weight excluding hydrogens is 286 g/mol. The molecule has 23 heavy (non-hydrogen) atoms. The standard InChI is InChI=1S/C20H23NO2/c1-3-4-10-18-19(15-8-6-5-7-9-15)21(20(18)22)16-11-13-17(23-2)14-12-16/h5-9,11-14,18-19H,3-4,10H2,1-2H3/t18-,19+/m1/s1. The summed E-state index contributed by atoms with van der Waals surface area (Å²) in [5, 5.41) is 0. The number of benzene rings is 2. The van der Waals surface area contributed by atoms with Crippen LogP contribution < -0.4 is 9.64 Å². The summed E-state index contributed by atoms with van der Waals surface area (Å²) in [6.45, 7) is 2.17. The van der Waals surface area contributed by atoms with Crippen LogP contribution in [-0.4, -0.2) is 13.0 Å². The SMILES string of the molecule is CCCC[C@H]1C(=O)N(c2ccc(OC)cc2)[C@H]1c1ccccc1. The largest absolute Gasteiger partial charge is 0.497 e. The molecule has 2 atom stereocenters. The van der Waals surface area contributed by atoms with Crippen LogP contribution in [-0.2, 0) is 4.79 Å². The highest BCUT2D eigenvalue weighted by atomic mass is 16.5. The molecule has 1 aliphatic heterocycles. The van der Waals surface area contributed by atoms with Gasteiger partial charge in [0.2, 0.25) is 5.91 Å². The molecule has 3 rings (SSSR count). The van der Waals surface area contributed by atoms with Crippen molar-refractivity contribution < 1.29 is 9.53 Å². The van der Waals surface area contributed by atoms with Crippen LogP contribution in [0.2, 0.25) is 0 Å². The zero-order chi connectivity index (χ0) is 16.2. The first-order valence-corrected chi connectivity index (χ1v) is 8.28. The number of hydrogen-bond acceptors (Lipinski definition) is 2. The lowest BCUT2D eigenvalue weighted by molar-refractivity contribution is -0.130. The molecule has 3 heteroatoms. The molecular formula is C20H23NO2. The van der Waals surface area contributed by atoms with Gasteiger partial charge in [-0.2, -0.15) is 0 Å². The summed E-state index contributed by atoms with van der Waals surface area (Å²) < 4.78 is 5.21. The van der Waals surface area contributed by atoms with E-state index in [4.69, 9.17) is 4.74 Å². The van der Waals surface area contributed by atoms with Gasteiger partial charge in [0, 0.05) is 5.69 Å². The van der Waals surface area contributed by atoms with Gasteiger partial charge in [-0.05, 0) is 36.2 Å². The lowest BCUT2D eigenvalue weighted by Crippen LogP contribution is -2.55. The van der Waals surface area contributed by atoms with Crippen molar-refractivity contribution >= 4 is 11.6 Å². The first-order chi connectivity index (χ1) is 11.3. The molecule has 0 N–H and O–H groups in total. The minimum Gasteiger partial charge on any atom is -0.497 e. The molecule has 0 aliphatic carbocycles. The molecule has 2 aromatic carbocycles. The summed E-state index contributed by atoms with van der Waals surface area (Å²) in [5.74, 6) is 1.14. The number of anilines is 1. The fourth-order valence-electron chi connectivity index (χ4n) is 3.32. The van der Waals surface area contributed by atoms with Gasteiger partial charge in [-0.1, -0.05) is 50.1 Å². The number of β-lactam (4-membered cyclic amide) rings is 1. The Labute approximate surface area is 137 Å². The molecule has 0 aromatic heterocycles. The van der Waals surface area contributed by atoms with Crippen LogP contribution >= 0.6 is 0 Å². The third kappa shape index (κ3) is 2.96. The van der Waals surface area contributed by atoms with Crippen molar-refractivity contribution in [2.75, 3.05) is 12.0 Å². The van der Waals surface area contributed by atoms with Gasteiger partial charge in [0.05, 0.1) is 19.1 Å². The minimum absolute atomic E-state index is 0.0967. The minimum atomic E-state index is 0.0967. The van der Waals surface area contributed by atoms with Crippen LogP contribution in [0.15, 0.2) is 54.6 Å². The third-order valence-electron chi connectivity index (χ3n) is 4.57. The Kier molecular flexibility index (Phi) is 4.65. The predicted molar refractivity (Wildman–Crippen MR) is 92.7 cm³/mol. The van der Waals surface area contributed by atoms with E-state index in [2.05, 4.69) is 19.1 Å². The maximum absolute atomic E-state index is 12.7. The number of hydrogen-bond donors (Lipinski definition) is 0. The van der Waals surface area contributed by atoms with E-state index in [-0.39, 0.29) is 17.9 Å². The summed E-state index contributed by atoms with van der Waals surface area (Å²) in [6, 6.07) is 18.2. The molecule has 2 aromatic rings. The van der Waals surface area contributed by atoms with E-state index in [0.29, 0.717) is 0 Å². The van der Waals surface area contributed by atoms with Gasteiger partial charge >= 0.3 is 0 Å². The predicted octanol–water partition coefficient (Wildman–Crippen LogP) is 4.59. The zero-order valence-corrected chi connectivity index (χ0v) is 13.7. The van der Waals surface area contributed by atoms with Crippen LogP contribution in [0, 0.1) is 5.92 Å². The summed E-state index contributed by atoms with van der Waals surface area (Å²) >= 11 is 0. The number of rotatable bonds is 6. The highest BCUT2D eigenvalue weighted by Gasteiger charge is 2.47. The maximum Gasteiger partial charge on any atom is 0.233 e. The summed E-state index contributed by atoms with van der Waals surface area (Å²) in [4.78, 5) is 14.6. The molecule has 0 bridgehead atoms. The van der Waals surface area contributed by atoms with Crippen molar-refractivity contribution in [3.8, 4) is 5.75 Å². The van der Waals surface area contributed by atoms with Gasteiger partial charge in [-0.25, -0.2) is 0 Å². The Hall–Kier alpha value is -2.29. The van der Waals surface area contributed by atoms with Crippen molar-refractivity contribution in [2.45, 2.75) is 32.2 Å². The van der Waals surface area contributed by atoms with Crippen LogP contribution in [0.4, 0.5) is 5.69 Å². The van der Waals surface area contributed by atoms with E-state index in [1.807, 2.05) is 47.4 Å². The van der Waals surface area contributed by atoms with Crippen LogP contribution in [0.5, 0.6) is 5.75 Å². The Morgan fingerprint density at radius 1 is 1.04 bits per heavy atom. The molecule has 0 saturated carbocycles. The molecule has 0 radical (unpaired) electrons. The second-order valence-corrected chi connectivity index (χ2v) is 6.01. The van der Waals surface area contributed by atoms with Crippen LogP contribution in [0.1, 0.15) is 37.8 Å². The molecule has 1 heterocycles. The Balaban J connectivity index is 1.89. The molecule has 120 valence electrons. The highest BCUT2D eigenvalue weighted by molar-refractivity contribution is 6.03. The maximum atomic E-state index is 12.7. The van der Waals surface area contributed by atoms with Crippen molar-refractivity contribution in [1.29, 1.82) is 0 Å². The monoisotopic (exact) mass is 309 g/mol. The molecule has 0 spiro atoms. The molecule has 3 nitrogen and oxygen atoms in total. The third-order valence-corrected chi connectivity index (χ3v) is 4.57. The summed E-state index contributed by atoms with van der Waals surface area (Å²) in [5.41, 5.74) is 2.15. The number of carbonyl (C=O) groups excluding carboxylic acids is 1. The van der Waals surface area contributed by atoms with Crippen LogP contribution in [0.25, 0.3) is 0 Å². The molecule has 1 aliphatic rings. The van der Waals surface area contributed by atoms with Gasteiger partial charge < -0.3 is 9.64 Å². The number of carbonyl (C=O) groups is 1. The average Bonchev–Trinajstić information content (AvgIpc) is 2.61.